The first kappa shape index (κ1) is 18.7. The zero-order chi connectivity index (χ0) is 19.4. The molecule has 1 unspecified atom stereocenters. The number of nitrogens with one attached hydrogen (secondary N) is 2. The maximum atomic E-state index is 12.9. The smallest absolute Gasteiger partial charge is 0.257 e. The summed E-state index contributed by atoms with van der Waals surface area (Å²) in [5, 5.41) is 7.88. The van der Waals surface area contributed by atoms with Gasteiger partial charge in [-0.05, 0) is 36.8 Å². The molecule has 0 aliphatic rings. The number of anilines is 1. The highest BCUT2D eigenvalue weighted by molar-refractivity contribution is 7.14. The van der Waals surface area contributed by atoms with E-state index in [0.29, 0.717) is 10.7 Å². The first-order valence-corrected chi connectivity index (χ1v) is 9.20. The molecule has 0 saturated heterocycles. The van der Waals surface area contributed by atoms with E-state index in [1.165, 1.54) is 42.5 Å². The molecular weight excluding hydrogens is 365 g/mol. The number of rotatable bonds is 5. The van der Waals surface area contributed by atoms with E-state index in [1.54, 1.807) is 0 Å². The Kier molecular flexibility index (Phi) is 5.61. The minimum Gasteiger partial charge on any atom is -0.350 e. The fraction of sp³-hybridized carbons (Fsp3) is 0.150. The van der Waals surface area contributed by atoms with Crippen LogP contribution < -0.4 is 10.6 Å². The van der Waals surface area contributed by atoms with Crippen molar-refractivity contribution < 1.29 is 14.0 Å². The molecular formula is C20H18FN3O2S. The summed E-state index contributed by atoms with van der Waals surface area (Å²) >= 11 is 1.32. The zero-order valence-electron chi connectivity index (χ0n) is 14.8. The van der Waals surface area contributed by atoms with Crippen LogP contribution in [0.5, 0.6) is 0 Å². The molecule has 0 aliphatic heterocycles. The van der Waals surface area contributed by atoms with Crippen LogP contribution >= 0.6 is 11.3 Å². The highest BCUT2D eigenvalue weighted by Gasteiger charge is 2.11. The van der Waals surface area contributed by atoms with Crippen molar-refractivity contribution in [3.05, 3.63) is 70.9 Å². The van der Waals surface area contributed by atoms with Gasteiger partial charge in [0, 0.05) is 23.4 Å². The zero-order valence-corrected chi connectivity index (χ0v) is 15.6. The minimum atomic E-state index is -0.389. The van der Waals surface area contributed by atoms with Gasteiger partial charge in [0.15, 0.2) is 5.13 Å². The Hall–Kier alpha value is -3.06. The molecule has 0 bridgehead atoms. The maximum absolute atomic E-state index is 12.9. The monoisotopic (exact) mass is 383 g/mol. The van der Waals surface area contributed by atoms with E-state index in [4.69, 9.17) is 0 Å². The highest BCUT2D eigenvalue weighted by Crippen LogP contribution is 2.26. The Bertz CT molecular complexity index is 952. The normalized spacial score (nSPS) is 11.7. The van der Waals surface area contributed by atoms with Crippen molar-refractivity contribution in [2.24, 2.45) is 0 Å². The first-order chi connectivity index (χ1) is 12.9. The fourth-order valence-electron chi connectivity index (χ4n) is 2.57. The summed E-state index contributed by atoms with van der Waals surface area (Å²) in [7, 11) is 0. The molecule has 0 aliphatic carbocycles. The lowest BCUT2D eigenvalue weighted by Crippen LogP contribution is -2.23. The standard InChI is InChI=1S/C20H18FN3O2S/c1-12(22-13(2)25)14-3-5-15(6-4-14)18-11-27-20(23-18)24-19(26)16-7-9-17(21)10-8-16/h3-12H,1-2H3,(H,22,25)(H,23,24,26). The summed E-state index contributed by atoms with van der Waals surface area (Å²) in [6.07, 6.45) is 0. The van der Waals surface area contributed by atoms with Gasteiger partial charge in [-0.25, -0.2) is 9.37 Å². The third-order valence-corrected chi connectivity index (χ3v) is 4.71. The van der Waals surface area contributed by atoms with Gasteiger partial charge >= 0.3 is 0 Å². The van der Waals surface area contributed by atoms with E-state index in [9.17, 15) is 14.0 Å². The predicted octanol–water partition coefficient (Wildman–Crippen LogP) is 4.40. The molecule has 5 nitrogen and oxygen atoms in total. The third-order valence-electron chi connectivity index (χ3n) is 3.96. The van der Waals surface area contributed by atoms with Crippen LogP contribution in [0, 0.1) is 5.82 Å². The molecule has 3 aromatic rings. The molecule has 3 rings (SSSR count). The van der Waals surface area contributed by atoms with Gasteiger partial charge < -0.3 is 5.32 Å². The lowest BCUT2D eigenvalue weighted by Gasteiger charge is -2.13. The Labute approximate surface area is 160 Å². The van der Waals surface area contributed by atoms with Crippen molar-refractivity contribution in [2.45, 2.75) is 19.9 Å². The number of carbonyl (C=O) groups is 2. The van der Waals surface area contributed by atoms with Crippen molar-refractivity contribution in [1.29, 1.82) is 0 Å². The van der Waals surface area contributed by atoms with Crippen LogP contribution in [-0.2, 0) is 4.79 Å². The molecule has 0 spiro atoms. The summed E-state index contributed by atoms with van der Waals surface area (Å²) in [4.78, 5) is 27.8. The second-order valence-electron chi connectivity index (χ2n) is 6.04. The highest BCUT2D eigenvalue weighted by atomic mass is 32.1. The fourth-order valence-corrected chi connectivity index (χ4v) is 3.28. The van der Waals surface area contributed by atoms with Gasteiger partial charge in [0.05, 0.1) is 11.7 Å². The topological polar surface area (TPSA) is 71.1 Å². The molecule has 27 heavy (non-hydrogen) atoms. The number of hydrogen-bond donors (Lipinski definition) is 2. The maximum Gasteiger partial charge on any atom is 0.257 e. The molecule has 0 fully saturated rings. The van der Waals surface area contributed by atoms with Crippen molar-refractivity contribution in [2.75, 3.05) is 5.32 Å². The Morgan fingerprint density at radius 3 is 2.37 bits per heavy atom. The summed E-state index contributed by atoms with van der Waals surface area (Å²) in [5.74, 6) is -0.803. The quantitative estimate of drug-likeness (QED) is 0.686. The van der Waals surface area contributed by atoms with E-state index in [-0.39, 0.29) is 23.7 Å². The van der Waals surface area contributed by atoms with E-state index >= 15 is 0 Å². The molecule has 2 aromatic carbocycles. The Morgan fingerprint density at radius 1 is 1.07 bits per heavy atom. The van der Waals surface area contributed by atoms with Gasteiger partial charge in [0.2, 0.25) is 5.91 Å². The van der Waals surface area contributed by atoms with Gasteiger partial charge in [0.25, 0.3) is 5.91 Å². The van der Waals surface area contributed by atoms with Crippen LogP contribution in [0.25, 0.3) is 11.3 Å². The van der Waals surface area contributed by atoms with E-state index in [0.717, 1.165) is 16.8 Å². The van der Waals surface area contributed by atoms with Crippen LogP contribution in [0.1, 0.15) is 35.8 Å². The van der Waals surface area contributed by atoms with Crippen molar-refractivity contribution >= 4 is 28.3 Å². The van der Waals surface area contributed by atoms with Gasteiger partial charge in [-0.1, -0.05) is 24.3 Å². The van der Waals surface area contributed by atoms with Crippen LogP contribution in [0.2, 0.25) is 0 Å². The average Bonchev–Trinajstić information content (AvgIpc) is 3.10. The average molecular weight is 383 g/mol. The summed E-state index contributed by atoms with van der Waals surface area (Å²) in [5.41, 5.74) is 3.01. The van der Waals surface area contributed by atoms with Crippen LogP contribution in [0.4, 0.5) is 9.52 Å². The number of hydrogen-bond acceptors (Lipinski definition) is 4. The van der Waals surface area contributed by atoms with E-state index in [2.05, 4.69) is 15.6 Å². The molecule has 1 aromatic heterocycles. The molecule has 0 radical (unpaired) electrons. The molecule has 0 saturated carbocycles. The van der Waals surface area contributed by atoms with Crippen LogP contribution in [0.15, 0.2) is 53.9 Å². The number of thiazole rings is 1. The molecule has 1 atom stereocenters. The van der Waals surface area contributed by atoms with Gasteiger partial charge in [-0.15, -0.1) is 11.3 Å². The number of benzene rings is 2. The largest absolute Gasteiger partial charge is 0.350 e. The number of nitrogens with zero attached hydrogens (tertiary/aromatic N) is 1. The molecule has 2 N–H and O–H groups in total. The number of aromatic nitrogens is 1. The summed E-state index contributed by atoms with van der Waals surface area (Å²) in [6.45, 7) is 3.41. The predicted molar refractivity (Wildman–Crippen MR) is 104 cm³/mol. The third kappa shape index (κ3) is 4.77. The Morgan fingerprint density at radius 2 is 1.74 bits per heavy atom. The van der Waals surface area contributed by atoms with E-state index < -0.39 is 0 Å². The van der Waals surface area contributed by atoms with Gasteiger partial charge in [-0.3, -0.25) is 14.9 Å². The first-order valence-electron chi connectivity index (χ1n) is 8.32. The van der Waals surface area contributed by atoms with Gasteiger partial charge in [-0.2, -0.15) is 0 Å². The minimum absolute atomic E-state index is 0.0717. The molecule has 7 heteroatoms. The second kappa shape index (κ2) is 8.09. The summed E-state index contributed by atoms with van der Waals surface area (Å²) in [6, 6.07) is 13.0. The molecule has 138 valence electrons. The number of halogens is 1. The lowest BCUT2D eigenvalue weighted by atomic mass is 10.1. The number of amides is 2. The summed E-state index contributed by atoms with van der Waals surface area (Å²) < 4.78 is 12.9. The van der Waals surface area contributed by atoms with E-state index in [1.807, 2.05) is 36.6 Å². The Balaban J connectivity index is 1.69. The van der Waals surface area contributed by atoms with Crippen molar-refractivity contribution in [3.8, 4) is 11.3 Å². The van der Waals surface area contributed by atoms with Gasteiger partial charge in [0.1, 0.15) is 5.82 Å². The SMILES string of the molecule is CC(=O)NC(C)c1ccc(-c2csc(NC(=O)c3ccc(F)cc3)n2)cc1. The van der Waals surface area contributed by atoms with Crippen LogP contribution in [0.3, 0.4) is 0 Å². The lowest BCUT2D eigenvalue weighted by molar-refractivity contribution is -0.119. The molecule has 2 amide bonds. The van der Waals surface area contributed by atoms with Crippen molar-refractivity contribution in [1.82, 2.24) is 10.3 Å². The van der Waals surface area contributed by atoms with Crippen molar-refractivity contribution in [3.63, 3.8) is 0 Å². The number of carbonyl (C=O) groups excluding carboxylic acids is 2. The van der Waals surface area contributed by atoms with Crippen LogP contribution in [-0.4, -0.2) is 16.8 Å². The second-order valence-corrected chi connectivity index (χ2v) is 6.90. The molecule has 1 heterocycles.